The van der Waals surface area contributed by atoms with Crippen molar-refractivity contribution in [2.45, 2.75) is 20.0 Å². The molecule has 1 aliphatic heterocycles. The third-order valence-electron chi connectivity index (χ3n) is 1.75. The molecule has 1 atom stereocenters. The minimum absolute atomic E-state index is 0.159. The summed E-state index contributed by atoms with van der Waals surface area (Å²) in [5.74, 6) is -0.764. The second-order valence-electron chi connectivity index (χ2n) is 3.51. The second kappa shape index (κ2) is 3.64. The molecule has 0 radical (unpaired) electrons. The van der Waals surface area contributed by atoms with Crippen molar-refractivity contribution in [1.29, 1.82) is 0 Å². The fraction of sp³-hybridized carbons (Fsp3) is 0.750. The predicted octanol–water partition coefficient (Wildman–Crippen LogP) is 0.548. The van der Waals surface area contributed by atoms with Crippen LogP contribution in [0.1, 0.15) is 13.8 Å². The Morgan fingerprint density at radius 3 is 2.77 bits per heavy atom. The second-order valence-corrected chi connectivity index (χ2v) is 3.51. The number of ether oxygens (including phenoxy) is 1. The quantitative estimate of drug-likeness (QED) is 0.700. The summed E-state index contributed by atoms with van der Waals surface area (Å²) >= 11 is 0. The molecule has 1 aliphatic rings. The van der Waals surface area contributed by atoms with Crippen molar-refractivity contribution >= 4 is 12.1 Å². The molecule has 1 N–H and O–H groups in total. The highest BCUT2D eigenvalue weighted by molar-refractivity contribution is 5.81. The molecule has 0 saturated carbocycles. The summed E-state index contributed by atoms with van der Waals surface area (Å²) in [5, 5.41) is 8.58. The first-order valence-electron chi connectivity index (χ1n) is 4.19. The predicted molar refractivity (Wildman–Crippen MR) is 44.3 cm³/mol. The van der Waals surface area contributed by atoms with Crippen LogP contribution in [0.15, 0.2) is 0 Å². The Kier molecular flexibility index (Phi) is 2.75. The summed E-state index contributed by atoms with van der Waals surface area (Å²) in [6.07, 6.45) is -1.52. The van der Waals surface area contributed by atoms with Crippen LogP contribution in [0.5, 0.6) is 0 Å². The number of hydrogen-bond acceptors (Lipinski definition) is 3. The maximum atomic E-state index is 11.1. The highest BCUT2D eigenvalue weighted by Crippen LogP contribution is 2.12. The van der Waals surface area contributed by atoms with Crippen LogP contribution in [0, 0.1) is 5.92 Å². The summed E-state index contributed by atoms with van der Waals surface area (Å²) in [4.78, 5) is 23.0. The Morgan fingerprint density at radius 2 is 2.38 bits per heavy atom. The summed E-state index contributed by atoms with van der Waals surface area (Å²) in [5.41, 5.74) is 0. The highest BCUT2D eigenvalue weighted by Gasteiger charge is 2.35. The van der Waals surface area contributed by atoms with E-state index in [2.05, 4.69) is 4.74 Å². The molecule has 1 amide bonds. The standard InChI is InChI=1S/C8H13NO4/c1-5(2)3-9-4-6(7(10)11)13-8(9)12/h5-6H,3-4H2,1-2H3,(H,10,11). The maximum Gasteiger partial charge on any atom is 0.410 e. The largest absolute Gasteiger partial charge is 0.478 e. The summed E-state index contributed by atoms with van der Waals surface area (Å²) in [6, 6.07) is 0. The summed E-state index contributed by atoms with van der Waals surface area (Å²) < 4.78 is 4.62. The average molecular weight is 187 g/mol. The van der Waals surface area contributed by atoms with Crippen molar-refractivity contribution in [3.63, 3.8) is 0 Å². The number of cyclic esters (lactones) is 1. The van der Waals surface area contributed by atoms with E-state index in [-0.39, 0.29) is 6.54 Å². The van der Waals surface area contributed by atoms with Crippen LogP contribution in [-0.2, 0) is 9.53 Å². The number of amides is 1. The Labute approximate surface area is 76.3 Å². The van der Waals surface area contributed by atoms with Gasteiger partial charge in [-0.15, -0.1) is 0 Å². The van der Waals surface area contributed by atoms with Crippen molar-refractivity contribution in [2.24, 2.45) is 5.92 Å². The molecule has 0 spiro atoms. The van der Waals surface area contributed by atoms with E-state index >= 15 is 0 Å². The number of carboxylic acids is 1. The average Bonchev–Trinajstić information content (AvgIpc) is 2.31. The Morgan fingerprint density at radius 1 is 1.77 bits per heavy atom. The van der Waals surface area contributed by atoms with Crippen molar-refractivity contribution in [3.8, 4) is 0 Å². The Bertz CT molecular complexity index is 226. The molecule has 1 heterocycles. The number of carbonyl (C=O) groups is 2. The zero-order valence-electron chi connectivity index (χ0n) is 7.69. The van der Waals surface area contributed by atoms with Gasteiger partial charge in [-0.2, -0.15) is 0 Å². The molecular formula is C8H13NO4. The molecule has 1 fully saturated rings. The van der Waals surface area contributed by atoms with Crippen molar-refractivity contribution in [3.05, 3.63) is 0 Å². The lowest BCUT2D eigenvalue weighted by molar-refractivity contribution is -0.144. The minimum atomic E-state index is -1.08. The summed E-state index contributed by atoms with van der Waals surface area (Å²) in [7, 11) is 0. The minimum Gasteiger partial charge on any atom is -0.478 e. The van der Waals surface area contributed by atoms with Gasteiger partial charge in [-0.1, -0.05) is 13.8 Å². The van der Waals surface area contributed by atoms with Crippen molar-refractivity contribution in [1.82, 2.24) is 4.90 Å². The van der Waals surface area contributed by atoms with Crippen LogP contribution in [0.4, 0.5) is 4.79 Å². The van der Waals surface area contributed by atoms with Gasteiger partial charge in [0.05, 0.1) is 6.54 Å². The number of carboxylic acid groups (broad SMARTS) is 1. The lowest BCUT2D eigenvalue weighted by Crippen LogP contribution is -2.30. The van der Waals surface area contributed by atoms with Gasteiger partial charge in [-0.3, -0.25) is 0 Å². The molecule has 5 heteroatoms. The molecule has 74 valence electrons. The number of carbonyl (C=O) groups excluding carboxylic acids is 1. The monoisotopic (exact) mass is 187 g/mol. The molecule has 1 rings (SSSR count). The Balaban J connectivity index is 2.51. The molecule has 0 aromatic carbocycles. The van der Waals surface area contributed by atoms with E-state index in [9.17, 15) is 9.59 Å². The van der Waals surface area contributed by atoms with Gasteiger partial charge in [0.1, 0.15) is 0 Å². The van der Waals surface area contributed by atoms with Crippen LogP contribution < -0.4 is 0 Å². The summed E-state index contributed by atoms with van der Waals surface area (Å²) in [6.45, 7) is 4.62. The van der Waals surface area contributed by atoms with Gasteiger partial charge in [-0.25, -0.2) is 9.59 Å². The normalized spacial score (nSPS) is 22.2. The third-order valence-corrected chi connectivity index (χ3v) is 1.75. The fourth-order valence-electron chi connectivity index (χ4n) is 1.23. The number of hydrogen-bond donors (Lipinski definition) is 1. The molecule has 0 aliphatic carbocycles. The van der Waals surface area contributed by atoms with Crippen LogP contribution in [0.25, 0.3) is 0 Å². The highest BCUT2D eigenvalue weighted by atomic mass is 16.6. The first-order chi connectivity index (χ1) is 6.00. The van der Waals surface area contributed by atoms with E-state index in [1.165, 1.54) is 4.90 Å². The van der Waals surface area contributed by atoms with Gasteiger partial charge in [-0.05, 0) is 5.92 Å². The third kappa shape index (κ3) is 2.34. The zero-order valence-corrected chi connectivity index (χ0v) is 7.69. The van der Waals surface area contributed by atoms with E-state index in [1.54, 1.807) is 0 Å². The van der Waals surface area contributed by atoms with E-state index < -0.39 is 18.2 Å². The van der Waals surface area contributed by atoms with Crippen molar-refractivity contribution < 1.29 is 19.4 Å². The van der Waals surface area contributed by atoms with E-state index in [0.29, 0.717) is 12.5 Å². The van der Waals surface area contributed by atoms with Crippen molar-refractivity contribution in [2.75, 3.05) is 13.1 Å². The molecule has 13 heavy (non-hydrogen) atoms. The van der Waals surface area contributed by atoms with Gasteiger partial charge in [0.25, 0.3) is 0 Å². The van der Waals surface area contributed by atoms with Gasteiger partial charge in [0.15, 0.2) is 0 Å². The van der Waals surface area contributed by atoms with E-state index in [1.807, 2.05) is 13.8 Å². The van der Waals surface area contributed by atoms with Crippen LogP contribution in [-0.4, -0.2) is 41.3 Å². The first-order valence-corrected chi connectivity index (χ1v) is 4.19. The van der Waals surface area contributed by atoms with Crippen LogP contribution in [0.2, 0.25) is 0 Å². The molecule has 0 aromatic rings. The molecule has 0 aromatic heterocycles. The van der Waals surface area contributed by atoms with Crippen LogP contribution in [0.3, 0.4) is 0 Å². The maximum absolute atomic E-state index is 11.1. The topological polar surface area (TPSA) is 66.8 Å². The Hall–Kier alpha value is -1.26. The fourth-order valence-corrected chi connectivity index (χ4v) is 1.23. The first kappa shape index (κ1) is 9.83. The number of aliphatic carboxylic acids is 1. The smallest absolute Gasteiger partial charge is 0.410 e. The SMILES string of the molecule is CC(C)CN1CC(C(=O)O)OC1=O. The number of rotatable bonds is 3. The van der Waals surface area contributed by atoms with Crippen LogP contribution >= 0.6 is 0 Å². The van der Waals surface area contributed by atoms with Gasteiger partial charge in [0.2, 0.25) is 6.10 Å². The molecule has 1 unspecified atom stereocenters. The lowest BCUT2D eigenvalue weighted by atomic mass is 10.2. The van der Waals surface area contributed by atoms with E-state index in [4.69, 9.17) is 5.11 Å². The van der Waals surface area contributed by atoms with Gasteiger partial charge < -0.3 is 14.7 Å². The molecule has 1 saturated heterocycles. The molecular weight excluding hydrogens is 174 g/mol. The molecule has 0 bridgehead atoms. The van der Waals surface area contributed by atoms with Gasteiger partial charge in [0, 0.05) is 6.54 Å². The van der Waals surface area contributed by atoms with Gasteiger partial charge >= 0.3 is 12.1 Å². The number of nitrogens with zero attached hydrogens (tertiary/aromatic N) is 1. The molecule has 5 nitrogen and oxygen atoms in total. The lowest BCUT2D eigenvalue weighted by Gasteiger charge is -2.14. The van der Waals surface area contributed by atoms with E-state index in [0.717, 1.165) is 0 Å². The zero-order chi connectivity index (χ0) is 10.0.